The first kappa shape index (κ1) is 19.9. The van der Waals surface area contributed by atoms with Crippen molar-refractivity contribution in [3.8, 4) is 0 Å². The quantitative estimate of drug-likeness (QED) is 0.725. The van der Waals surface area contributed by atoms with Crippen LogP contribution in [-0.2, 0) is 11.3 Å². The molecule has 154 valence electrons. The molecule has 1 unspecified atom stereocenters. The first-order valence-electron chi connectivity index (χ1n) is 10.1. The zero-order valence-electron chi connectivity index (χ0n) is 16.8. The molecule has 2 aliphatic heterocycles. The van der Waals surface area contributed by atoms with Gasteiger partial charge in [0.05, 0.1) is 6.61 Å². The minimum Gasteiger partial charge on any atom is -0.383 e. The molecule has 6 nitrogen and oxygen atoms in total. The Bertz CT molecular complexity index is 840. The maximum Gasteiger partial charge on any atom is 0.254 e. The molecule has 2 aromatic heterocycles. The van der Waals surface area contributed by atoms with E-state index in [1.54, 1.807) is 19.4 Å². The molecule has 0 N–H and O–H groups in total. The van der Waals surface area contributed by atoms with E-state index in [9.17, 15) is 9.18 Å². The summed E-state index contributed by atoms with van der Waals surface area (Å²) in [5.41, 5.74) is 1.78. The molecule has 1 atom stereocenters. The lowest BCUT2D eigenvalue weighted by molar-refractivity contribution is 0.0587. The third-order valence-electron chi connectivity index (χ3n) is 6.28. The number of pyridine rings is 2. The van der Waals surface area contributed by atoms with E-state index in [0.29, 0.717) is 31.3 Å². The van der Waals surface area contributed by atoms with E-state index in [2.05, 4.69) is 20.9 Å². The van der Waals surface area contributed by atoms with Gasteiger partial charge in [0.2, 0.25) is 5.95 Å². The van der Waals surface area contributed by atoms with Crippen LogP contribution in [0.2, 0.25) is 0 Å². The summed E-state index contributed by atoms with van der Waals surface area (Å²) < 4.78 is 18.9. The smallest absolute Gasteiger partial charge is 0.254 e. The van der Waals surface area contributed by atoms with Gasteiger partial charge in [-0.1, -0.05) is 6.07 Å². The number of halogens is 1. The summed E-state index contributed by atoms with van der Waals surface area (Å²) in [7, 11) is 1.75. The van der Waals surface area contributed by atoms with Crippen LogP contribution < -0.4 is 0 Å². The van der Waals surface area contributed by atoms with Gasteiger partial charge >= 0.3 is 0 Å². The van der Waals surface area contributed by atoms with Gasteiger partial charge in [-0.05, 0) is 42.4 Å². The highest BCUT2D eigenvalue weighted by Gasteiger charge is 2.45. The van der Waals surface area contributed by atoms with Crippen LogP contribution >= 0.6 is 0 Å². The highest BCUT2D eigenvalue weighted by atomic mass is 19.1. The molecule has 4 heterocycles. The summed E-state index contributed by atoms with van der Waals surface area (Å²) in [5, 5.41) is 0. The minimum absolute atomic E-state index is 0.111. The number of hydrogen-bond acceptors (Lipinski definition) is 5. The van der Waals surface area contributed by atoms with Crippen molar-refractivity contribution < 1.29 is 13.9 Å². The van der Waals surface area contributed by atoms with Crippen molar-refractivity contribution in [3.05, 3.63) is 59.9 Å². The number of hydrogen-bond donors (Lipinski definition) is 0. The molecule has 0 bridgehead atoms. The van der Waals surface area contributed by atoms with Crippen molar-refractivity contribution in [2.24, 2.45) is 5.41 Å². The average Bonchev–Trinajstić information content (AvgIpc) is 3.05. The van der Waals surface area contributed by atoms with E-state index in [1.165, 1.54) is 17.8 Å². The molecular weight excluding hydrogens is 371 g/mol. The minimum atomic E-state index is -0.617. The average molecular weight is 398 g/mol. The Labute approximate surface area is 170 Å². The van der Waals surface area contributed by atoms with Crippen LogP contribution in [0, 0.1) is 11.4 Å². The normalized spacial score (nSPS) is 21.6. The number of ether oxygens (including phenoxy) is 1. The first-order valence-corrected chi connectivity index (χ1v) is 10.1. The number of carbonyl (C=O) groups excluding carboxylic acids is 1. The van der Waals surface area contributed by atoms with Gasteiger partial charge in [0, 0.05) is 69.6 Å². The Morgan fingerprint density at radius 1 is 1.31 bits per heavy atom. The molecule has 0 aromatic carbocycles. The van der Waals surface area contributed by atoms with Crippen LogP contribution in [0.25, 0.3) is 0 Å². The lowest BCUT2D eigenvalue weighted by Gasteiger charge is -2.39. The van der Waals surface area contributed by atoms with Crippen LogP contribution in [-0.4, -0.2) is 65.1 Å². The van der Waals surface area contributed by atoms with Gasteiger partial charge in [-0.2, -0.15) is 4.39 Å². The van der Waals surface area contributed by atoms with E-state index >= 15 is 0 Å². The maximum atomic E-state index is 13.4. The molecule has 1 amide bonds. The Balaban J connectivity index is 1.41. The number of methoxy groups -OCH3 is 1. The van der Waals surface area contributed by atoms with Crippen molar-refractivity contribution in [1.29, 1.82) is 0 Å². The summed E-state index contributed by atoms with van der Waals surface area (Å²) in [6, 6.07) is 7.24. The number of aromatic nitrogens is 2. The second kappa shape index (κ2) is 8.55. The van der Waals surface area contributed by atoms with Gasteiger partial charge < -0.3 is 9.64 Å². The summed E-state index contributed by atoms with van der Waals surface area (Å²) in [4.78, 5) is 24.8. The van der Waals surface area contributed by atoms with E-state index in [-0.39, 0.29) is 11.3 Å². The number of nitrogens with zero attached hydrogens (tertiary/aromatic N) is 4. The first-order chi connectivity index (χ1) is 14.1. The zero-order chi connectivity index (χ0) is 20.3. The molecule has 2 aromatic rings. The lowest BCUT2D eigenvalue weighted by atomic mass is 9.76. The number of piperidine rings is 1. The fourth-order valence-electron chi connectivity index (χ4n) is 4.79. The summed E-state index contributed by atoms with van der Waals surface area (Å²) in [6.07, 6.45) is 8.04. The molecule has 29 heavy (non-hydrogen) atoms. The molecule has 0 radical (unpaired) electrons. The van der Waals surface area contributed by atoms with Crippen LogP contribution in [0.3, 0.4) is 0 Å². The largest absolute Gasteiger partial charge is 0.383 e. The predicted molar refractivity (Wildman–Crippen MR) is 107 cm³/mol. The summed E-state index contributed by atoms with van der Waals surface area (Å²) >= 11 is 0. The maximum absolute atomic E-state index is 13.4. The molecule has 2 aliphatic rings. The second-order valence-electron chi connectivity index (χ2n) is 8.24. The van der Waals surface area contributed by atoms with E-state index in [0.717, 1.165) is 32.4 Å². The SMILES string of the molecule is COCC1CC2(CCN(C(=O)c3ccnc(F)c3)CC2)CN1Cc1cccnc1. The monoisotopic (exact) mass is 398 g/mol. The summed E-state index contributed by atoms with van der Waals surface area (Å²) in [6.45, 7) is 3.97. The molecular formula is C22H27FN4O2. The van der Waals surface area contributed by atoms with Gasteiger partial charge in [-0.3, -0.25) is 14.7 Å². The number of carbonyl (C=O) groups is 1. The van der Waals surface area contributed by atoms with Crippen LogP contribution in [0.4, 0.5) is 4.39 Å². The highest BCUT2D eigenvalue weighted by Crippen LogP contribution is 2.44. The standard InChI is InChI=1S/C22H27FN4O2/c1-29-15-19-12-22(16-27(19)14-17-3-2-7-24-13-17)5-9-26(10-6-22)21(28)18-4-8-25-20(23)11-18/h2-4,7-8,11,13,19H,5-6,9-10,12,14-16H2,1H3. The zero-order valence-corrected chi connectivity index (χ0v) is 16.8. The predicted octanol–water partition coefficient (Wildman–Crippen LogP) is 2.76. The Hall–Kier alpha value is -2.38. The van der Waals surface area contributed by atoms with Gasteiger partial charge in [-0.15, -0.1) is 0 Å². The molecule has 7 heteroatoms. The van der Waals surface area contributed by atoms with E-state index < -0.39 is 5.95 Å². The molecule has 4 rings (SSSR count). The third-order valence-corrected chi connectivity index (χ3v) is 6.28. The number of likely N-dealkylation sites (tertiary alicyclic amines) is 2. The molecule has 1 spiro atoms. The van der Waals surface area contributed by atoms with Crippen LogP contribution in [0.1, 0.15) is 35.2 Å². The Morgan fingerprint density at radius 3 is 2.83 bits per heavy atom. The van der Waals surface area contributed by atoms with Crippen LogP contribution in [0.5, 0.6) is 0 Å². The number of amides is 1. The van der Waals surface area contributed by atoms with Gasteiger partial charge in [0.25, 0.3) is 5.91 Å². The summed E-state index contributed by atoms with van der Waals surface area (Å²) in [5.74, 6) is -0.728. The fraction of sp³-hybridized carbons (Fsp3) is 0.500. The Kier molecular flexibility index (Phi) is 5.87. The molecule has 0 aliphatic carbocycles. The Morgan fingerprint density at radius 2 is 2.14 bits per heavy atom. The van der Waals surface area contributed by atoms with Gasteiger partial charge in [0.1, 0.15) is 0 Å². The van der Waals surface area contributed by atoms with E-state index in [4.69, 9.17) is 4.74 Å². The second-order valence-corrected chi connectivity index (χ2v) is 8.24. The van der Waals surface area contributed by atoms with Crippen molar-refractivity contribution in [2.45, 2.75) is 31.8 Å². The van der Waals surface area contributed by atoms with Crippen molar-refractivity contribution >= 4 is 5.91 Å². The van der Waals surface area contributed by atoms with Gasteiger partial charge in [-0.25, -0.2) is 4.98 Å². The third kappa shape index (κ3) is 4.46. The number of rotatable bonds is 5. The van der Waals surface area contributed by atoms with Crippen molar-refractivity contribution in [2.75, 3.05) is 33.4 Å². The molecule has 2 saturated heterocycles. The molecule has 2 fully saturated rings. The highest BCUT2D eigenvalue weighted by molar-refractivity contribution is 5.94. The lowest BCUT2D eigenvalue weighted by Crippen LogP contribution is -2.44. The van der Waals surface area contributed by atoms with E-state index in [1.807, 2.05) is 17.2 Å². The topological polar surface area (TPSA) is 58.6 Å². The van der Waals surface area contributed by atoms with Crippen LogP contribution in [0.15, 0.2) is 42.9 Å². The van der Waals surface area contributed by atoms with Gasteiger partial charge in [0.15, 0.2) is 0 Å². The fourth-order valence-corrected chi connectivity index (χ4v) is 4.79. The van der Waals surface area contributed by atoms with Crippen molar-refractivity contribution in [1.82, 2.24) is 19.8 Å². The van der Waals surface area contributed by atoms with Crippen molar-refractivity contribution in [3.63, 3.8) is 0 Å². The molecule has 0 saturated carbocycles.